The third kappa shape index (κ3) is 9.05. The van der Waals surface area contributed by atoms with Crippen molar-refractivity contribution in [2.45, 2.75) is 61.2 Å². The summed E-state index contributed by atoms with van der Waals surface area (Å²) in [5.74, 6) is 2.46. The first-order chi connectivity index (χ1) is 18.1. The zero-order chi connectivity index (χ0) is 27.2. The molecule has 0 radical (unpaired) electrons. The van der Waals surface area contributed by atoms with Crippen LogP contribution in [-0.4, -0.2) is 27.7 Å². The van der Waals surface area contributed by atoms with Crippen molar-refractivity contribution in [3.63, 3.8) is 0 Å². The Labute approximate surface area is 241 Å². The summed E-state index contributed by atoms with van der Waals surface area (Å²) in [5, 5.41) is 0. The Morgan fingerprint density at radius 1 is 0.368 bits per heavy atom. The van der Waals surface area contributed by atoms with Crippen molar-refractivity contribution in [3.8, 4) is 33.4 Å². The van der Waals surface area contributed by atoms with Gasteiger partial charge in [0.05, 0.1) is 0 Å². The molecule has 0 aliphatic heterocycles. The SMILES string of the molecule is C[Si](C)(C)CCSc1ccc(-c2ccc(-c3ccc(-c4ccc(SCC[Si](C)(C)C)cc4)cc3)cc2)cc1. The molecular weight excluding hydrogens is 529 g/mol. The maximum Gasteiger partial charge on any atom is 0.0450 e. The Kier molecular flexibility index (Phi) is 9.86. The Hall–Kier alpha value is -1.99. The van der Waals surface area contributed by atoms with Crippen LogP contribution in [0, 0.1) is 0 Å². The van der Waals surface area contributed by atoms with E-state index in [0.29, 0.717) is 0 Å². The number of thioether (sulfide) groups is 2. The maximum atomic E-state index is 2.45. The number of hydrogen-bond donors (Lipinski definition) is 0. The van der Waals surface area contributed by atoms with Gasteiger partial charge in [-0.3, -0.25) is 0 Å². The van der Waals surface area contributed by atoms with E-state index >= 15 is 0 Å². The fourth-order valence-electron chi connectivity index (χ4n) is 4.15. The second-order valence-electron chi connectivity index (χ2n) is 12.5. The minimum atomic E-state index is -0.961. The van der Waals surface area contributed by atoms with Crippen LogP contribution in [0.5, 0.6) is 0 Å². The molecule has 0 heterocycles. The van der Waals surface area contributed by atoms with Gasteiger partial charge in [-0.2, -0.15) is 0 Å². The van der Waals surface area contributed by atoms with Gasteiger partial charge in [0.15, 0.2) is 0 Å². The second kappa shape index (κ2) is 12.9. The standard InChI is InChI=1S/C34H42S2Si2/c1-37(2,3)25-23-35-33-19-15-31(16-20-33)29-11-7-27(8-12-29)28-9-13-30(14-10-28)32-17-21-34(22-18-32)36-24-26-38(4,5)6/h7-22H,23-26H2,1-6H3. The molecule has 198 valence electrons. The fraction of sp³-hybridized carbons (Fsp3) is 0.294. The van der Waals surface area contributed by atoms with Crippen LogP contribution < -0.4 is 0 Å². The van der Waals surface area contributed by atoms with Crippen molar-refractivity contribution in [1.82, 2.24) is 0 Å². The third-order valence-electron chi connectivity index (χ3n) is 6.72. The van der Waals surface area contributed by atoms with Crippen molar-refractivity contribution in [2.75, 3.05) is 11.5 Å². The van der Waals surface area contributed by atoms with E-state index in [2.05, 4.69) is 136 Å². The molecule has 38 heavy (non-hydrogen) atoms. The molecule has 0 bridgehead atoms. The largest absolute Gasteiger partial charge is 0.126 e. The average molecular weight is 571 g/mol. The van der Waals surface area contributed by atoms with Gasteiger partial charge in [0.2, 0.25) is 0 Å². The van der Waals surface area contributed by atoms with Crippen molar-refractivity contribution in [2.24, 2.45) is 0 Å². The van der Waals surface area contributed by atoms with E-state index in [1.165, 1.54) is 66.8 Å². The quantitative estimate of drug-likeness (QED) is 0.130. The van der Waals surface area contributed by atoms with Crippen LogP contribution in [0.1, 0.15) is 0 Å². The van der Waals surface area contributed by atoms with E-state index < -0.39 is 16.1 Å². The highest BCUT2D eigenvalue weighted by Gasteiger charge is 2.13. The molecule has 0 unspecified atom stereocenters. The monoisotopic (exact) mass is 570 g/mol. The smallest absolute Gasteiger partial charge is 0.0450 e. The van der Waals surface area contributed by atoms with Gasteiger partial charge in [-0.15, -0.1) is 23.5 Å². The van der Waals surface area contributed by atoms with Crippen LogP contribution in [0.25, 0.3) is 33.4 Å². The van der Waals surface area contributed by atoms with E-state index in [-0.39, 0.29) is 0 Å². The molecule has 4 aromatic carbocycles. The Bertz CT molecular complexity index is 1170. The predicted octanol–water partition coefficient (Wildman–Crippen LogP) is 11.5. The van der Waals surface area contributed by atoms with Crippen molar-refractivity contribution in [3.05, 3.63) is 97.1 Å². The molecule has 0 aliphatic rings. The maximum absolute atomic E-state index is 2.45. The van der Waals surface area contributed by atoms with E-state index in [1.54, 1.807) is 0 Å². The summed E-state index contributed by atoms with van der Waals surface area (Å²) in [6.07, 6.45) is 0. The predicted molar refractivity (Wildman–Crippen MR) is 181 cm³/mol. The summed E-state index contributed by atoms with van der Waals surface area (Å²) in [7, 11) is -1.92. The molecular formula is C34H42S2Si2. The molecule has 0 aromatic heterocycles. The molecule has 0 aliphatic carbocycles. The topological polar surface area (TPSA) is 0 Å². The summed E-state index contributed by atoms with van der Waals surface area (Å²) in [6.45, 7) is 14.7. The zero-order valence-corrected chi connectivity index (χ0v) is 27.5. The summed E-state index contributed by atoms with van der Waals surface area (Å²) in [4.78, 5) is 2.75. The van der Waals surface area contributed by atoms with Gasteiger partial charge < -0.3 is 0 Å². The zero-order valence-electron chi connectivity index (χ0n) is 23.9. The molecule has 0 saturated carbocycles. The lowest BCUT2D eigenvalue weighted by Gasteiger charge is -2.15. The first kappa shape index (κ1) is 29.0. The van der Waals surface area contributed by atoms with Crippen molar-refractivity contribution >= 4 is 39.7 Å². The van der Waals surface area contributed by atoms with E-state index in [4.69, 9.17) is 0 Å². The van der Waals surface area contributed by atoms with Crippen LogP contribution in [0.15, 0.2) is 107 Å². The minimum Gasteiger partial charge on any atom is -0.126 e. The molecule has 0 amide bonds. The third-order valence-corrected chi connectivity index (χ3v) is 13.0. The summed E-state index contributed by atoms with van der Waals surface area (Å²) >= 11 is 3.98. The van der Waals surface area contributed by atoms with Gasteiger partial charge in [-0.25, -0.2) is 0 Å². The highest BCUT2D eigenvalue weighted by Crippen LogP contribution is 2.30. The van der Waals surface area contributed by atoms with Gasteiger partial charge in [0.1, 0.15) is 0 Å². The lowest BCUT2D eigenvalue weighted by atomic mass is 9.98. The molecule has 0 N–H and O–H groups in total. The number of benzene rings is 4. The highest BCUT2D eigenvalue weighted by atomic mass is 32.2. The van der Waals surface area contributed by atoms with E-state index in [0.717, 1.165) is 0 Å². The molecule has 4 heteroatoms. The van der Waals surface area contributed by atoms with Gasteiger partial charge >= 0.3 is 0 Å². The molecule has 4 rings (SSSR count). The van der Waals surface area contributed by atoms with Gasteiger partial charge in [-0.1, -0.05) is 112 Å². The molecule has 0 saturated heterocycles. The van der Waals surface area contributed by atoms with Crippen LogP contribution in [-0.2, 0) is 0 Å². The first-order valence-electron chi connectivity index (χ1n) is 13.7. The molecule has 0 spiro atoms. The summed E-state index contributed by atoms with van der Waals surface area (Å²) in [5.41, 5.74) is 7.62. The Balaban J connectivity index is 1.35. The minimum absolute atomic E-state index is 0.961. The molecule has 4 aromatic rings. The van der Waals surface area contributed by atoms with Gasteiger partial charge in [0, 0.05) is 25.9 Å². The van der Waals surface area contributed by atoms with Gasteiger partial charge in [0.25, 0.3) is 0 Å². The van der Waals surface area contributed by atoms with E-state index in [9.17, 15) is 0 Å². The lowest BCUT2D eigenvalue weighted by molar-refractivity contribution is 1.35. The van der Waals surface area contributed by atoms with Crippen LogP contribution in [0.3, 0.4) is 0 Å². The molecule has 0 atom stereocenters. The van der Waals surface area contributed by atoms with Crippen molar-refractivity contribution in [1.29, 1.82) is 0 Å². The summed E-state index contributed by atoms with van der Waals surface area (Å²) < 4.78 is 0. The normalized spacial score (nSPS) is 12.1. The van der Waals surface area contributed by atoms with Gasteiger partial charge in [-0.05, 0) is 81.2 Å². The molecule has 0 nitrogen and oxygen atoms in total. The first-order valence-corrected chi connectivity index (χ1v) is 23.1. The second-order valence-corrected chi connectivity index (χ2v) is 26.1. The number of rotatable bonds is 11. The van der Waals surface area contributed by atoms with Crippen molar-refractivity contribution < 1.29 is 0 Å². The Morgan fingerprint density at radius 3 is 0.789 bits per heavy atom. The lowest BCUT2D eigenvalue weighted by Crippen LogP contribution is -2.19. The fourth-order valence-corrected chi connectivity index (χ4v) is 11.0. The number of hydrogen-bond acceptors (Lipinski definition) is 2. The van der Waals surface area contributed by atoms with Crippen LogP contribution in [0.2, 0.25) is 51.4 Å². The van der Waals surface area contributed by atoms with Crippen LogP contribution in [0.4, 0.5) is 0 Å². The van der Waals surface area contributed by atoms with Crippen LogP contribution >= 0.6 is 23.5 Å². The summed E-state index contributed by atoms with van der Waals surface area (Å²) in [6, 6.07) is 38.8. The average Bonchev–Trinajstić information content (AvgIpc) is 2.88. The molecule has 0 fully saturated rings. The highest BCUT2D eigenvalue weighted by molar-refractivity contribution is 7.99. The van der Waals surface area contributed by atoms with E-state index in [1.807, 2.05) is 23.5 Å². The Morgan fingerprint density at radius 2 is 0.579 bits per heavy atom.